The molecule has 8 nitrogen and oxygen atoms in total. The lowest BCUT2D eigenvalue weighted by Gasteiger charge is -2.29. The zero-order valence-electron chi connectivity index (χ0n) is 23.4. The molecule has 0 radical (unpaired) electrons. The SMILES string of the molecule is COc1cc(N2C(=S)N[C@@H](c3ccccn3)[C@H]2c2cc(C)n(-c3cc(C)cc(C)c3)c2C)ccc1NS(C)(=O)=O. The molecule has 1 aliphatic rings. The second kappa shape index (κ2) is 10.6. The van der Waals surface area contributed by atoms with Crippen molar-refractivity contribution < 1.29 is 13.2 Å². The first-order valence-electron chi connectivity index (χ1n) is 12.9. The van der Waals surface area contributed by atoms with Gasteiger partial charge in [0, 0.05) is 35.0 Å². The molecule has 2 atom stereocenters. The van der Waals surface area contributed by atoms with Crippen LogP contribution >= 0.6 is 12.2 Å². The van der Waals surface area contributed by atoms with Crippen LogP contribution < -0.4 is 19.7 Å². The summed E-state index contributed by atoms with van der Waals surface area (Å²) in [5.74, 6) is 0.395. The highest BCUT2D eigenvalue weighted by Gasteiger charge is 2.42. The minimum absolute atomic E-state index is 0.221. The van der Waals surface area contributed by atoms with Crippen molar-refractivity contribution in [3.8, 4) is 11.4 Å². The van der Waals surface area contributed by atoms with Crippen LogP contribution in [0, 0.1) is 27.7 Å². The average molecular weight is 576 g/mol. The molecule has 2 aromatic carbocycles. The minimum Gasteiger partial charge on any atom is -0.494 e. The summed E-state index contributed by atoms with van der Waals surface area (Å²) < 4.78 is 34.2. The average Bonchev–Trinajstić information content (AvgIpc) is 3.38. The Balaban J connectivity index is 1.67. The number of anilines is 2. The van der Waals surface area contributed by atoms with E-state index in [9.17, 15) is 8.42 Å². The van der Waals surface area contributed by atoms with Crippen LogP contribution in [0.25, 0.3) is 5.69 Å². The number of rotatable bonds is 7. The smallest absolute Gasteiger partial charge is 0.229 e. The van der Waals surface area contributed by atoms with Crippen LogP contribution in [0.4, 0.5) is 11.4 Å². The number of aryl methyl sites for hydroxylation is 3. The molecule has 2 aromatic heterocycles. The summed E-state index contributed by atoms with van der Waals surface area (Å²) in [6, 6.07) is 19.5. The third-order valence-corrected chi connectivity index (χ3v) is 8.02. The fourth-order valence-corrected chi connectivity index (χ4v) is 6.54. The Morgan fingerprint density at radius 3 is 2.33 bits per heavy atom. The number of aromatic nitrogens is 2. The molecule has 0 unspecified atom stereocenters. The first-order valence-corrected chi connectivity index (χ1v) is 15.2. The quantitative estimate of drug-likeness (QED) is 0.275. The molecule has 10 heteroatoms. The molecule has 5 rings (SSSR count). The lowest BCUT2D eigenvalue weighted by molar-refractivity contribution is 0.417. The van der Waals surface area contributed by atoms with Crippen LogP contribution in [0.15, 0.2) is 66.9 Å². The predicted molar refractivity (Wildman–Crippen MR) is 164 cm³/mol. The van der Waals surface area contributed by atoms with Crippen LogP contribution in [0.5, 0.6) is 5.75 Å². The van der Waals surface area contributed by atoms with Gasteiger partial charge in [0.25, 0.3) is 0 Å². The minimum atomic E-state index is -3.48. The number of sulfonamides is 1. The van der Waals surface area contributed by atoms with Gasteiger partial charge < -0.3 is 19.5 Å². The Morgan fingerprint density at radius 1 is 0.975 bits per heavy atom. The molecule has 1 saturated heterocycles. The van der Waals surface area contributed by atoms with E-state index in [0.29, 0.717) is 16.5 Å². The molecule has 0 saturated carbocycles. The number of nitrogens with zero attached hydrogens (tertiary/aromatic N) is 3. The first-order chi connectivity index (χ1) is 19.0. The molecule has 0 amide bonds. The molecule has 0 spiro atoms. The van der Waals surface area contributed by atoms with Crippen molar-refractivity contribution in [3.05, 3.63) is 101 Å². The maximum atomic E-state index is 11.9. The van der Waals surface area contributed by atoms with E-state index in [2.05, 4.69) is 76.5 Å². The molecule has 4 aromatic rings. The third-order valence-electron chi connectivity index (χ3n) is 7.11. The summed E-state index contributed by atoms with van der Waals surface area (Å²) >= 11 is 5.92. The van der Waals surface area contributed by atoms with Gasteiger partial charge in [0.2, 0.25) is 10.0 Å². The molecule has 3 heterocycles. The highest BCUT2D eigenvalue weighted by molar-refractivity contribution is 7.92. The highest BCUT2D eigenvalue weighted by atomic mass is 32.2. The number of thiocarbonyl (C=S) groups is 1. The van der Waals surface area contributed by atoms with Crippen LogP contribution in [0.2, 0.25) is 0 Å². The number of hydrogen-bond donors (Lipinski definition) is 2. The topological polar surface area (TPSA) is 88.5 Å². The molecule has 208 valence electrons. The van der Waals surface area contributed by atoms with Crippen LogP contribution in [0.1, 0.15) is 45.9 Å². The molecule has 0 bridgehead atoms. The van der Waals surface area contributed by atoms with Gasteiger partial charge >= 0.3 is 0 Å². The van der Waals surface area contributed by atoms with Crippen LogP contribution in [-0.2, 0) is 10.0 Å². The number of benzene rings is 2. The molecule has 1 aliphatic heterocycles. The molecule has 0 aliphatic carbocycles. The van der Waals surface area contributed by atoms with E-state index in [1.165, 1.54) is 18.2 Å². The van der Waals surface area contributed by atoms with E-state index in [1.807, 2.05) is 24.3 Å². The Morgan fingerprint density at radius 2 is 1.70 bits per heavy atom. The lowest BCUT2D eigenvalue weighted by atomic mass is 9.96. The maximum Gasteiger partial charge on any atom is 0.229 e. The van der Waals surface area contributed by atoms with Gasteiger partial charge in [-0.25, -0.2) is 8.42 Å². The summed E-state index contributed by atoms with van der Waals surface area (Å²) in [6.45, 7) is 8.47. The number of pyridine rings is 1. The highest BCUT2D eigenvalue weighted by Crippen LogP contribution is 2.45. The fraction of sp³-hybridized carbons (Fsp3) is 0.267. The summed E-state index contributed by atoms with van der Waals surface area (Å²) in [5.41, 5.74) is 8.85. The van der Waals surface area contributed by atoms with Gasteiger partial charge in [-0.3, -0.25) is 9.71 Å². The third kappa shape index (κ3) is 5.29. The second-order valence-electron chi connectivity index (χ2n) is 10.3. The Hall–Kier alpha value is -3.89. The summed E-state index contributed by atoms with van der Waals surface area (Å²) in [6.07, 6.45) is 2.89. The normalized spacial score (nSPS) is 17.1. The van der Waals surface area contributed by atoms with E-state index >= 15 is 0 Å². The molecule has 1 fully saturated rings. The van der Waals surface area contributed by atoms with E-state index in [-0.39, 0.29) is 12.1 Å². The fourth-order valence-electron chi connectivity index (χ4n) is 5.63. The standard InChI is InChI=1S/C30H33N5O3S2/c1-18-13-19(2)15-23(14-18)34-20(3)16-24(21(34)4)29-28(26-9-7-8-12-31-26)32-30(39)35(29)22-10-11-25(27(17-22)38-5)33-40(6,36)37/h7-17,28-29,33H,1-6H3,(H,32,39)/t28-,29+/m0/s1. The monoisotopic (exact) mass is 575 g/mol. The molecule has 2 N–H and O–H groups in total. The largest absolute Gasteiger partial charge is 0.494 e. The Kier molecular flexibility index (Phi) is 7.32. The zero-order valence-corrected chi connectivity index (χ0v) is 25.0. The number of nitrogens with one attached hydrogen (secondary N) is 2. The van der Waals surface area contributed by atoms with Gasteiger partial charge in [-0.05, 0) is 99.1 Å². The summed E-state index contributed by atoms with van der Waals surface area (Å²) in [4.78, 5) is 6.73. The van der Waals surface area contributed by atoms with Crippen LogP contribution in [-0.4, -0.2) is 36.4 Å². The van der Waals surface area contributed by atoms with Crippen molar-refractivity contribution in [2.45, 2.75) is 39.8 Å². The van der Waals surface area contributed by atoms with Gasteiger partial charge in [-0.15, -0.1) is 0 Å². The van der Waals surface area contributed by atoms with Gasteiger partial charge in [0.1, 0.15) is 5.75 Å². The van der Waals surface area contributed by atoms with Crippen molar-refractivity contribution in [2.24, 2.45) is 0 Å². The van der Waals surface area contributed by atoms with Crippen molar-refractivity contribution in [1.29, 1.82) is 0 Å². The zero-order chi connectivity index (χ0) is 28.8. The van der Waals surface area contributed by atoms with Crippen molar-refractivity contribution in [1.82, 2.24) is 14.9 Å². The number of ether oxygens (including phenoxy) is 1. The second-order valence-corrected chi connectivity index (χ2v) is 12.4. The van der Waals surface area contributed by atoms with E-state index < -0.39 is 10.0 Å². The Labute approximate surface area is 241 Å². The predicted octanol–water partition coefficient (Wildman–Crippen LogP) is 5.66. The van der Waals surface area contributed by atoms with Gasteiger partial charge in [0.15, 0.2) is 5.11 Å². The molecule has 40 heavy (non-hydrogen) atoms. The van der Waals surface area contributed by atoms with Gasteiger partial charge in [-0.2, -0.15) is 0 Å². The lowest BCUT2D eigenvalue weighted by Crippen LogP contribution is -2.29. The van der Waals surface area contributed by atoms with Gasteiger partial charge in [0.05, 0.1) is 36.8 Å². The molecular formula is C30H33N5O3S2. The van der Waals surface area contributed by atoms with Crippen LogP contribution in [0.3, 0.4) is 0 Å². The van der Waals surface area contributed by atoms with E-state index in [0.717, 1.165) is 40.3 Å². The maximum absolute atomic E-state index is 11.9. The first kappa shape index (κ1) is 27.7. The summed E-state index contributed by atoms with van der Waals surface area (Å²) in [7, 11) is -1.97. The van der Waals surface area contributed by atoms with Gasteiger partial charge in [-0.1, -0.05) is 12.1 Å². The Bertz CT molecular complexity index is 1680. The van der Waals surface area contributed by atoms with Crippen molar-refractivity contribution in [3.63, 3.8) is 0 Å². The summed E-state index contributed by atoms with van der Waals surface area (Å²) in [5, 5.41) is 4.05. The van der Waals surface area contributed by atoms with E-state index in [1.54, 1.807) is 18.3 Å². The van der Waals surface area contributed by atoms with Crippen molar-refractivity contribution in [2.75, 3.05) is 23.0 Å². The van der Waals surface area contributed by atoms with E-state index in [4.69, 9.17) is 17.0 Å². The van der Waals surface area contributed by atoms with Crippen molar-refractivity contribution >= 4 is 38.7 Å². The number of methoxy groups -OCH3 is 1. The molecular weight excluding hydrogens is 542 g/mol. The number of hydrogen-bond acceptors (Lipinski definition) is 5.